The zero-order valence-electron chi connectivity index (χ0n) is 14.1. The van der Waals surface area contributed by atoms with Crippen LogP contribution in [0.25, 0.3) is 0 Å². The number of hydrogen-bond donors (Lipinski definition) is 1. The highest BCUT2D eigenvalue weighted by atomic mass is 35.5. The average Bonchev–Trinajstić information content (AvgIpc) is 2.61. The third-order valence-corrected chi connectivity index (χ3v) is 5.43. The predicted octanol–water partition coefficient (Wildman–Crippen LogP) is 3.70. The van der Waals surface area contributed by atoms with Gasteiger partial charge in [0.1, 0.15) is 0 Å². The highest BCUT2D eigenvalue weighted by Gasteiger charge is 2.23. The first-order valence-corrected chi connectivity index (χ1v) is 9.18. The minimum Gasteiger partial charge on any atom is -0.368 e. The van der Waals surface area contributed by atoms with Crippen molar-refractivity contribution in [2.45, 2.75) is 25.9 Å². The van der Waals surface area contributed by atoms with Gasteiger partial charge in [0, 0.05) is 55.2 Å². The summed E-state index contributed by atoms with van der Waals surface area (Å²) in [7, 11) is 0. The van der Waals surface area contributed by atoms with Gasteiger partial charge in [-0.3, -0.25) is 0 Å². The van der Waals surface area contributed by atoms with E-state index in [4.69, 9.17) is 11.6 Å². The Balaban J connectivity index is 1.50. The minimum absolute atomic E-state index is 0.561. The molecule has 1 saturated heterocycles. The fourth-order valence-electron chi connectivity index (χ4n) is 3.86. The largest absolute Gasteiger partial charge is 0.368 e. The molecule has 0 spiro atoms. The van der Waals surface area contributed by atoms with Gasteiger partial charge in [-0.15, -0.1) is 0 Å². The minimum atomic E-state index is 0.561. The predicted molar refractivity (Wildman–Crippen MR) is 102 cm³/mol. The highest BCUT2D eigenvalue weighted by molar-refractivity contribution is 6.30. The van der Waals surface area contributed by atoms with Crippen LogP contribution in [0.4, 0.5) is 11.4 Å². The Morgan fingerprint density at radius 1 is 1.00 bits per heavy atom. The number of benzene rings is 2. The molecule has 0 aromatic heterocycles. The van der Waals surface area contributed by atoms with Crippen LogP contribution in [0.15, 0.2) is 42.5 Å². The summed E-state index contributed by atoms with van der Waals surface area (Å²) in [6.07, 6.45) is 1.13. The molecule has 24 heavy (non-hydrogen) atoms. The van der Waals surface area contributed by atoms with Crippen LogP contribution >= 0.6 is 11.6 Å². The molecule has 2 aliphatic rings. The van der Waals surface area contributed by atoms with Crippen molar-refractivity contribution in [1.82, 2.24) is 5.32 Å². The van der Waals surface area contributed by atoms with E-state index in [0.29, 0.717) is 6.04 Å². The van der Waals surface area contributed by atoms with E-state index in [-0.39, 0.29) is 0 Å². The Morgan fingerprint density at radius 3 is 2.54 bits per heavy atom. The number of halogens is 1. The van der Waals surface area contributed by atoms with Gasteiger partial charge in [0.05, 0.1) is 0 Å². The number of nitrogens with zero attached hydrogens (tertiary/aromatic N) is 2. The smallest absolute Gasteiger partial charge is 0.0426 e. The van der Waals surface area contributed by atoms with Crippen molar-refractivity contribution in [1.29, 1.82) is 0 Å². The summed E-state index contributed by atoms with van der Waals surface area (Å²) in [6.45, 7) is 7.47. The topological polar surface area (TPSA) is 18.5 Å². The first kappa shape index (κ1) is 15.8. The SMILES string of the molecule is CC1Cc2c(cccc2N2CCN(c3cccc(Cl)c3)CC2)CN1. The lowest BCUT2D eigenvalue weighted by Gasteiger charge is -2.39. The van der Waals surface area contributed by atoms with Gasteiger partial charge in [-0.2, -0.15) is 0 Å². The van der Waals surface area contributed by atoms with Crippen molar-refractivity contribution < 1.29 is 0 Å². The van der Waals surface area contributed by atoms with Crippen molar-refractivity contribution in [3.8, 4) is 0 Å². The van der Waals surface area contributed by atoms with Gasteiger partial charge in [0.2, 0.25) is 0 Å². The summed E-state index contributed by atoms with van der Waals surface area (Å²) in [5.41, 5.74) is 5.67. The van der Waals surface area contributed by atoms with Crippen LogP contribution in [0.2, 0.25) is 5.02 Å². The van der Waals surface area contributed by atoms with E-state index < -0.39 is 0 Å². The fraction of sp³-hybridized carbons (Fsp3) is 0.400. The van der Waals surface area contributed by atoms with Crippen LogP contribution in [0, 0.1) is 0 Å². The number of piperazine rings is 1. The van der Waals surface area contributed by atoms with Crippen LogP contribution in [0.5, 0.6) is 0 Å². The molecule has 0 saturated carbocycles. The van der Waals surface area contributed by atoms with Crippen LogP contribution in [0.1, 0.15) is 18.1 Å². The van der Waals surface area contributed by atoms with Gasteiger partial charge < -0.3 is 15.1 Å². The van der Waals surface area contributed by atoms with E-state index in [9.17, 15) is 0 Å². The molecule has 1 atom stereocenters. The average molecular weight is 342 g/mol. The first-order chi connectivity index (χ1) is 11.7. The second-order valence-corrected chi connectivity index (χ2v) is 7.29. The molecule has 2 heterocycles. The number of rotatable bonds is 2. The van der Waals surface area contributed by atoms with Crippen molar-refractivity contribution in [3.05, 3.63) is 58.6 Å². The first-order valence-electron chi connectivity index (χ1n) is 8.80. The molecule has 2 aromatic carbocycles. The molecule has 2 aromatic rings. The Morgan fingerprint density at radius 2 is 1.75 bits per heavy atom. The molecule has 0 amide bonds. The summed E-state index contributed by atoms with van der Waals surface area (Å²) >= 11 is 6.14. The lowest BCUT2D eigenvalue weighted by Crippen LogP contribution is -2.47. The maximum atomic E-state index is 6.14. The molecule has 1 N–H and O–H groups in total. The Bertz CT molecular complexity index is 723. The fourth-order valence-corrected chi connectivity index (χ4v) is 4.04. The van der Waals surface area contributed by atoms with E-state index >= 15 is 0 Å². The third kappa shape index (κ3) is 3.11. The van der Waals surface area contributed by atoms with Gasteiger partial charge >= 0.3 is 0 Å². The zero-order chi connectivity index (χ0) is 16.5. The Kier molecular flexibility index (Phi) is 4.38. The summed E-state index contributed by atoms with van der Waals surface area (Å²) in [4.78, 5) is 4.99. The second-order valence-electron chi connectivity index (χ2n) is 6.85. The number of anilines is 2. The number of hydrogen-bond acceptors (Lipinski definition) is 3. The van der Waals surface area contributed by atoms with E-state index in [0.717, 1.165) is 44.2 Å². The normalized spacial score (nSPS) is 20.8. The zero-order valence-corrected chi connectivity index (χ0v) is 14.9. The summed E-state index contributed by atoms with van der Waals surface area (Å²) in [5.74, 6) is 0. The van der Waals surface area contributed by atoms with Crippen molar-refractivity contribution in [2.75, 3.05) is 36.0 Å². The molecule has 2 aliphatic heterocycles. The summed E-state index contributed by atoms with van der Waals surface area (Å²) < 4.78 is 0. The molecule has 0 aliphatic carbocycles. The molecule has 0 bridgehead atoms. The quantitative estimate of drug-likeness (QED) is 0.898. The van der Waals surface area contributed by atoms with Crippen molar-refractivity contribution >= 4 is 23.0 Å². The maximum absolute atomic E-state index is 6.14. The van der Waals surface area contributed by atoms with Gasteiger partial charge in [-0.25, -0.2) is 0 Å². The molecule has 0 radical (unpaired) electrons. The molecule has 3 nitrogen and oxygen atoms in total. The molecular formula is C20H24ClN3. The monoisotopic (exact) mass is 341 g/mol. The maximum Gasteiger partial charge on any atom is 0.0426 e. The number of nitrogens with one attached hydrogen (secondary N) is 1. The van der Waals surface area contributed by atoms with Crippen LogP contribution in [0.3, 0.4) is 0 Å². The molecule has 1 fully saturated rings. The Labute approximate surface area is 149 Å². The molecule has 126 valence electrons. The Hall–Kier alpha value is -1.71. The van der Waals surface area contributed by atoms with Crippen molar-refractivity contribution in [3.63, 3.8) is 0 Å². The van der Waals surface area contributed by atoms with Crippen molar-refractivity contribution in [2.24, 2.45) is 0 Å². The lowest BCUT2D eigenvalue weighted by molar-refractivity contribution is 0.512. The van der Waals surface area contributed by atoms with E-state index in [1.54, 1.807) is 5.56 Å². The second kappa shape index (κ2) is 6.66. The van der Waals surface area contributed by atoms with E-state index in [1.165, 1.54) is 16.9 Å². The molecule has 4 rings (SSSR count). The highest BCUT2D eigenvalue weighted by Crippen LogP contribution is 2.30. The van der Waals surface area contributed by atoms with Gasteiger partial charge in [0.25, 0.3) is 0 Å². The van der Waals surface area contributed by atoms with Gasteiger partial charge in [0.15, 0.2) is 0 Å². The molecule has 4 heteroatoms. The van der Waals surface area contributed by atoms with Crippen LogP contribution < -0.4 is 15.1 Å². The van der Waals surface area contributed by atoms with E-state index in [2.05, 4.69) is 52.4 Å². The van der Waals surface area contributed by atoms with Crippen LogP contribution in [-0.2, 0) is 13.0 Å². The summed E-state index contributed by atoms with van der Waals surface area (Å²) in [6, 6.07) is 15.5. The van der Waals surface area contributed by atoms with Crippen LogP contribution in [-0.4, -0.2) is 32.2 Å². The third-order valence-electron chi connectivity index (χ3n) is 5.19. The lowest BCUT2D eigenvalue weighted by atomic mass is 9.94. The van der Waals surface area contributed by atoms with Gasteiger partial charge in [-0.05, 0) is 48.7 Å². The molecular weight excluding hydrogens is 318 g/mol. The standard InChI is InChI=1S/C20H24ClN3/c1-15-12-19-16(14-22-15)4-2-7-20(19)24-10-8-23(9-11-24)18-6-3-5-17(21)13-18/h2-7,13,15,22H,8-12,14H2,1H3. The molecule has 1 unspecified atom stereocenters. The van der Waals surface area contributed by atoms with Gasteiger partial charge in [-0.1, -0.05) is 29.8 Å². The number of fused-ring (bicyclic) bond motifs is 1. The summed E-state index contributed by atoms with van der Waals surface area (Å²) in [5, 5.41) is 4.38. The van der Waals surface area contributed by atoms with E-state index in [1.807, 2.05) is 12.1 Å².